The van der Waals surface area contributed by atoms with Crippen molar-refractivity contribution in [2.75, 3.05) is 13.1 Å². The van der Waals surface area contributed by atoms with Crippen LogP contribution in [0.3, 0.4) is 0 Å². The van der Waals surface area contributed by atoms with E-state index in [9.17, 15) is 9.59 Å². The lowest BCUT2D eigenvalue weighted by Gasteiger charge is -2.24. The van der Waals surface area contributed by atoms with Crippen LogP contribution in [0, 0.1) is 0 Å². The number of nitrogens with zero attached hydrogens (tertiary/aromatic N) is 1. The maximum atomic E-state index is 12.3. The third kappa shape index (κ3) is 3.83. The lowest BCUT2D eigenvalue weighted by atomic mass is 10.0. The van der Waals surface area contributed by atoms with Gasteiger partial charge in [-0.15, -0.1) is 0 Å². The van der Waals surface area contributed by atoms with Crippen LogP contribution in [-0.4, -0.2) is 36.0 Å². The molecule has 1 saturated heterocycles. The first kappa shape index (κ1) is 16.0. The minimum absolute atomic E-state index is 0.0858. The summed E-state index contributed by atoms with van der Waals surface area (Å²) in [5.74, 6) is -0.180. The predicted molar refractivity (Wildman–Crippen MR) is 84.9 cm³/mol. The van der Waals surface area contributed by atoms with Crippen molar-refractivity contribution in [3.8, 4) is 0 Å². The van der Waals surface area contributed by atoms with Crippen LogP contribution in [0.2, 0.25) is 0 Å². The summed E-state index contributed by atoms with van der Waals surface area (Å²) in [6, 6.07) is 7.42. The van der Waals surface area contributed by atoms with Gasteiger partial charge >= 0.3 is 6.03 Å². The van der Waals surface area contributed by atoms with Gasteiger partial charge < -0.3 is 5.32 Å². The largest absolute Gasteiger partial charge is 0.336 e. The van der Waals surface area contributed by atoms with Gasteiger partial charge in [0.25, 0.3) is 0 Å². The van der Waals surface area contributed by atoms with E-state index in [-0.39, 0.29) is 18.0 Å². The van der Waals surface area contributed by atoms with Crippen LogP contribution >= 0.6 is 15.9 Å². The molecule has 21 heavy (non-hydrogen) atoms. The second-order valence-corrected chi connectivity index (χ2v) is 6.04. The molecule has 0 saturated carbocycles. The van der Waals surface area contributed by atoms with Gasteiger partial charge in [-0.3, -0.25) is 15.0 Å². The third-order valence-electron chi connectivity index (χ3n) is 3.63. The molecule has 114 valence electrons. The Balaban J connectivity index is 2.02. The van der Waals surface area contributed by atoms with E-state index < -0.39 is 6.04 Å². The van der Waals surface area contributed by atoms with E-state index >= 15 is 0 Å². The maximum absolute atomic E-state index is 12.3. The number of carbonyl (C=O) groups is 2. The number of nitrogens with one attached hydrogen (secondary N) is 2. The van der Waals surface area contributed by atoms with Crippen LogP contribution in [0.4, 0.5) is 4.79 Å². The molecule has 3 amide bonds. The van der Waals surface area contributed by atoms with Crippen LogP contribution in [0.5, 0.6) is 0 Å². The van der Waals surface area contributed by atoms with Crippen molar-refractivity contribution in [1.82, 2.24) is 15.5 Å². The van der Waals surface area contributed by atoms with Crippen molar-refractivity contribution < 1.29 is 9.59 Å². The molecule has 0 spiro atoms. The van der Waals surface area contributed by atoms with Gasteiger partial charge in [-0.25, -0.2) is 4.79 Å². The first-order chi connectivity index (χ1) is 10.0. The molecule has 0 bridgehead atoms. The molecule has 1 aliphatic rings. The van der Waals surface area contributed by atoms with E-state index in [0.29, 0.717) is 13.1 Å². The molecular weight excluding hydrogens is 334 g/mol. The predicted octanol–water partition coefficient (Wildman–Crippen LogP) is 2.43. The van der Waals surface area contributed by atoms with E-state index in [4.69, 9.17) is 0 Å². The summed E-state index contributed by atoms with van der Waals surface area (Å²) < 4.78 is 1.03. The number of carbonyl (C=O) groups excluding carboxylic acids is 2. The Labute approximate surface area is 133 Å². The zero-order valence-electron chi connectivity index (χ0n) is 12.2. The molecule has 0 aliphatic carbocycles. The van der Waals surface area contributed by atoms with Crippen molar-refractivity contribution >= 4 is 27.9 Å². The summed E-state index contributed by atoms with van der Waals surface area (Å²) in [4.78, 5) is 25.1. The van der Waals surface area contributed by atoms with Gasteiger partial charge in [0.2, 0.25) is 5.91 Å². The van der Waals surface area contributed by atoms with Gasteiger partial charge in [0, 0.05) is 23.6 Å². The lowest BCUT2D eigenvalue weighted by Crippen LogP contribution is -2.47. The summed E-state index contributed by atoms with van der Waals surface area (Å²) in [5, 5.41) is 5.96. The van der Waals surface area contributed by atoms with Crippen molar-refractivity contribution in [2.45, 2.75) is 32.4 Å². The highest BCUT2D eigenvalue weighted by molar-refractivity contribution is 9.10. The molecule has 0 unspecified atom stereocenters. The molecule has 2 N–H and O–H groups in total. The number of hydrogen-bond donors (Lipinski definition) is 2. The monoisotopic (exact) mass is 353 g/mol. The van der Waals surface area contributed by atoms with E-state index in [1.807, 2.05) is 24.3 Å². The molecule has 1 aromatic rings. The molecule has 1 aromatic carbocycles. The molecule has 2 atom stereocenters. The molecule has 1 heterocycles. The van der Waals surface area contributed by atoms with Crippen molar-refractivity contribution in [3.63, 3.8) is 0 Å². The first-order valence-corrected chi connectivity index (χ1v) is 7.93. The Kier molecular flexibility index (Phi) is 5.36. The average Bonchev–Trinajstić information content (AvgIpc) is 2.91. The van der Waals surface area contributed by atoms with Gasteiger partial charge in [-0.1, -0.05) is 35.0 Å². The number of benzene rings is 1. The first-order valence-electron chi connectivity index (χ1n) is 7.13. The fourth-order valence-electron chi connectivity index (χ4n) is 2.43. The van der Waals surface area contributed by atoms with E-state index in [0.717, 1.165) is 16.5 Å². The van der Waals surface area contributed by atoms with Gasteiger partial charge in [0.1, 0.15) is 0 Å². The molecule has 0 radical (unpaired) electrons. The quantitative estimate of drug-likeness (QED) is 0.854. The summed E-state index contributed by atoms with van der Waals surface area (Å²) in [7, 11) is 0. The van der Waals surface area contributed by atoms with Crippen molar-refractivity contribution in [3.05, 3.63) is 34.3 Å². The standard InChI is InChI=1S/C15H20BrN3O2/c1-3-13(11-4-6-12(16)7-5-11)18-10(2)14(20)19-9-8-17-15(19)21/h4-7,10,13,18H,3,8-9H2,1-2H3,(H,17,21)/t10-,13+/m0/s1. The third-order valence-corrected chi connectivity index (χ3v) is 4.15. The molecule has 5 nitrogen and oxygen atoms in total. The Morgan fingerprint density at radius 1 is 1.43 bits per heavy atom. The number of amides is 3. The Hall–Kier alpha value is -1.40. The number of imide groups is 1. The Morgan fingerprint density at radius 2 is 2.10 bits per heavy atom. The second kappa shape index (κ2) is 7.04. The van der Waals surface area contributed by atoms with Crippen LogP contribution in [0.25, 0.3) is 0 Å². The van der Waals surface area contributed by atoms with E-state index in [1.54, 1.807) is 6.92 Å². The number of urea groups is 1. The van der Waals surface area contributed by atoms with Crippen LogP contribution < -0.4 is 10.6 Å². The minimum atomic E-state index is -0.401. The van der Waals surface area contributed by atoms with Gasteiger partial charge in [0.05, 0.1) is 6.04 Å². The topological polar surface area (TPSA) is 61.4 Å². The summed E-state index contributed by atoms with van der Waals surface area (Å²) in [6.45, 7) is 4.84. The van der Waals surface area contributed by atoms with E-state index in [2.05, 4.69) is 33.5 Å². The maximum Gasteiger partial charge on any atom is 0.324 e. The van der Waals surface area contributed by atoms with Crippen molar-refractivity contribution in [2.24, 2.45) is 0 Å². The molecule has 0 aromatic heterocycles. The zero-order chi connectivity index (χ0) is 15.4. The Morgan fingerprint density at radius 3 is 2.62 bits per heavy atom. The number of hydrogen-bond acceptors (Lipinski definition) is 3. The number of halogens is 1. The van der Waals surface area contributed by atoms with Crippen LogP contribution in [0.1, 0.15) is 31.9 Å². The normalized spacial score (nSPS) is 17.5. The minimum Gasteiger partial charge on any atom is -0.336 e. The highest BCUT2D eigenvalue weighted by Crippen LogP contribution is 2.20. The number of rotatable bonds is 5. The summed E-state index contributed by atoms with van der Waals surface area (Å²) in [6.07, 6.45) is 0.867. The molecular formula is C15H20BrN3O2. The fourth-order valence-corrected chi connectivity index (χ4v) is 2.70. The van der Waals surface area contributed by atoms with Gasteiger partial charge in [-0.2, -0.15) is 0 Å². The summed E-state index contributed by atoms with van der Waals surface area (Å²) >= 11 is 3.42. The van der Waals surface area contributed by atoms with Gasteiger partial charge in [0.15, 0.2) is 0 Å². The fraction of sp³-hybridized carbons (Fsp3) is 0.467. The van der Waals surface area contributed by atoms with Gasteiger partial charge in [-0.05, 0) is 31.0 Å². The van der Waals surface area contributed by atoms with Crippen molar-refractivity contribution in [1.29, 1.82) is 0 Å². The lowest BCUT2D eigenvalue weighted by molar-refractivity contribution is -0.129. The second-order valence-electron chi connectivity index (χ2n) is 5.12. The zero-order valence-corrected chi connectivity index (χ0v) is 13.8. The average molecular weight is 354 g/mol. The smallest absolute Gasteiger partial charge is 0.324 e. The molecule has 6 heteroatoms. The highest BCUT2D eigenvalue weighted by Gasteiger charge is 2.30. The Bertz CT molecular complexity index is 518. The SMILES string of the molecule is CC[C@@H](N[C@@H](C)C(=O)N1CCNC1=O)c1ccc(Br)cc1. The molecule has 2 rings (SSSR count). The van der Waals surface area contributed by atoms with Crippen LogP contribution in [-0.2, 0) is 4.79 Å². The highest BCUT2D eigenvalue weighted by atomic mass is 79.9. The summed E-state index contributed by atoms with van der Waals surface area (Å²) in [5.41, 5.74) is 1.13. The molecule has 1 fully saturated rings. The van der Waals surface area contributed by atoms with Crippen LogP contribution in [0.15, 0.2) is 28.7 Å². The molecule has 1 aliphatic heterocycles. The van der Waals surface area contributed by atoms with E-state index in [1.165, 1.54) is 4.90 Å².